The lowest BCUT2D eigenvalue weighted by Gasteiger charge is -2.29. The fourth-order valence-electron chi connectivity index (χ4n) is 2.85. The summed E-state index contributed by atoms with van der Waals surface area (Å²) in [5, 5.41) is 3.21. The summed E-state index contributed by atoms with van der Waals surface area (Å²) in [6.45, 7) is 6.30. The van der Waals surface area contributed by atoms with Crippen molar-refractivity contribution in [3.05, 3.63) is 34.9 Å². The first kappa shape index (κ1) is 13.1. The highest BCUT2D eigenvalue weighted by atomic mass is 16.1. The van der Waals surface area contributed by atoms with E-state index < -0.39 is 0 Å². The number of rotatable bonds is 2. The van der Waals surface area contributed by atoms with Gasteiger partial charge in [0.25, 0.3) is 5.91 Å². The number of amides is 1. The van der Waals surface area contributed by atoms with Crippen LogP contribution in [-0.2, 0) is 0 Å². The van der Waals surface area contributed by atoms with E-state index in [1.165, 1.54) is 24.8 Å². The van der Waals surface area contributed by atoms with Gasteiger partial charge in [0.2, 0.25) is 0 Å². The van der Waals surface area contributed by atoms with Gasteiger partial charge in [-0.1, -0.05) is 37.5 Å². The maximum absolute atomic E-state index is 12.3. The van der Waals surface area contributed by atoms with E-state index in [0.29, 0.717) is 12.0 Å². The molecule has 1 aromatic rings. The zero-order valence-electron chi connectivity index (χ0n) is 11.6. The van der Waals surface area contributed by atoms with Crippen LogP contribution in [0.3, 0.4) is 0 Å². The zero-order valence-corrected chi connectivity index (χ0v) is 11.6. The maximum atomic E-state index is 12.3. The van der Waals surface area contributed by atoms with Crippen molar-refractivity contribution < 1.29 is 4.79 Å². The first-order valence-corrected chi connectivity index (χ1v) is 6.96. The molecule has 0 saturated heterocycles. The molecular formula is C16H23NO. The number of carbonyl (C=O) groups is 1. The number of benzene rings is 1. The van der Waals surface area contributed by atoms with E-state index in [1.807, 2.05) is 19.1 Å². The molecular weight excluding hydrogens is 222 g/mol. The van der Waals surface area contributed by atoms with E-state index in [4.69, 9.17) is 0 Å². The SMILES string of the molecule is Cc1ccc(C(=O)N[C@H]2CCCC[C@@H]2C)c(C)c1. The Balaban J connectivity index is 2.07. The van der Waals surface area contributed by atoms with Crippen LogP contribution in [0.5, 0.6) is 0 Å². The fraction of sp³-hybridized carbons (Fsp3) is 0.562. The van der Waals surface area contributed by atoms with Crippen LogP contribution in [0, 0.1) is 19.8 Å². The van der Waals surface area contributed by atoms with Crippen LogP contribution in [0.4, 0.5) is 0 Å². The summed E-state index contributed by atoms with van der Waals surface area (Å²) in [4.78, 5) is 12.3. The molecule has 0 aliphatic heterocycles. The largest absolute Gasteiger partial charge is 0.349 e. The van der Waals surface area contributed by atoms with Gasteiger partial charge in [0.1, 0.15) is 0 Å². The minimum Gasteiger partial charge on any atom is -0.349 e. The van der Waals surface area contributed by atoms with Gasteiger partial charge in [-0.25, -0.2) is 0 Å². The molecule has 0 heterocycles. The lowest BCUT2D eigenvalue weighted by atomic mass is 9.85. The predicted molar refractivity (Wildman–Crippen MR) is 74.8 cm³/mol. The molecule has 1 aromatic carbocycles. The number of nitrogens with one attached hydrogen (secondary N) is 1. The second-order valence-corrected chi connectivity index (χ2v) is 5.66. The minimum atomic E-state index is 0.0891. The lowest BCUT2D eigenvalue weighted by molar-refractivity contribution is 0.0909. The van der Waals surface area contributed by atoms with Crippen molar-refractivity contribution in [2.75, 3.05) is 0 Å². The second kappa shape index (κ2) is 5.55. The standard InChI is InChI=1S/C16H23NO/c1-11-8-9-14(13(3)10-11)16(18)17-15-7-5-4-6-12(15)2/h8-10,12,15H,4-7H2,1-3H3,(H,17,18)/t12-,15-/m0/s1. The maximum Gasteiger partial charge on any atom is 0.251 e. The minimum absolute atomic E-state index is 0.0891. The first-order valence-electron chi connectivity index (χ1n) is 6.96. The van der Waals surface area contributed by atoms with Crippen LogP contribution in [0.25, 0.3) is 0 Å². The second-order valence-electron chi connectivity index (χ2n) is 5.66. The molecule has 0 radical (unpaired) electrons. The molecule has 0 bridgehead atoms. The van der Waals surface area contributed by atoms with Gasteiger partial charge in [-0.3, -0.25) is 4.79 Å². The Bertz CT molecular complexity index is 439. The van der Waals surface area contributed by atoms with E-state index in [-0.39, 0.29) is 5.91 Å². The molecule has 2 atom stereocenters. The van der Waals surface area contributed by atoms with Crippen molar-refractivity contribution in [1.29, 1.82) is 0 Å². The van der Waals surface area contributed by atoms with Gasteiger partial charge in [0.15, 0.2) is 0 Å². The molecule has 0 aromatic heterocycles. The molecule has 0 spiro atoms. The van der Waals surface area contributed by atoms with E-state index in [0.717, 1.165) is 17.5 Å². The molecule has 2 nitrogen and oxygen atoms in total. The highest BCUT2D eigenvalue weighted by molar-refractivity contribution is 5.95. The van der Waals surface area contributed by atoms with E-state index >= 15 is 0 Å². The quantitative estimate of drug-likeness (QED) is 0.847. The van der Waals surface area contributed by atoms with Gasteiger partial charge in [0.05, 0.1) is 0 Å². The van der Waals surface area contributed by atoms with Gasteiger partial charge >= 0.3 is 0 Å². The summed E-state index contributed by atoms with van der Waals surface area (Å²) >= 11 is 0. The van der Waals surface area contributed by atoms with Gasteiger partial charge < -0.3 is 5.32 Å². The Hall–Kier alpha value is -1.31. The van der Waals surface area contributed by atoms with Crippen LogP contribution in [0.1, 0.15) is 54.1 Å². The normalized spacial score (nSPS) is 23.7. The molecule has 18 heavy (non-hydrogen) atoms. The molecule has 1 saturated carbocycles. The first-order chi connectivity index (χ1) is 8.58. The van der Waals surface area contributed by atoms with Gasteiger partial charge in [-0.05, 0) is 44.2 Å². The third-order valence-electron chi connectivity index (χ3n) is 4.05. The van der Waals surface area contributed by atoms with Gasteiger partial charge in [-0.15, -0.1) is 0 Å². The lowest BCUT2D eigenvalue weighted by Crippen LogP contribution is -2.41. The summed E-state index contributed by atoms with van der Waals surface area (Å²) in [6.07, 6.45) is 4.90. The van der Waals surface area contributed by atoms with Crippen molar-refractivity contribution in [2.24, 2.45) is 5.92 Å². The summed E-state index contributed by atoms with van der Waals surface area (Å²) in [6, 6.07) is 6.37. The van der Waals surface area contributed by atoms with E-state index in [9.17, 15) is 4.79 Å². The summed E-state index contributed by atoms with van der Waals surface area (Å²) in [5.41, 5.74) is 3.09. The monoisotopic (exact) mass is 245 g/mol. The Morgan fingerprint density at radius 2 is 1.94 bits per heavy atom. The summed E-state index contributed by atoms with van der Waals surface area (Å²) < 4.78 is 0. The van der Waals surface area contributed by atoms with Crippen LogP contribution in [0.15, 0.2) is 18.2 Å². The molecule has 1 amide bonds. The summed E-state index contributed by atoms with van der Waals surface area (Å²) in [5.74, 6) is 0.694. The third-order valence-corrected chi connectivity index (χ3v) is 4.05. The number of aryl methyl sites for hydroxylation is 2. The van der Waals surface area contributed by atoms with Gasteiger partial charge in [0, 0.05) is 11.6 Å². The van der Waals surface area contributed by atoms with Crippen molar-refractivity contribution in [3.8, 4) is 0 Å². The van der Waals surface area contributed by atoms with Crippen molar-refractivity contribution in [1.82, 2.24) is 5.32 Å². The van der Waals surface area contributed by atoms with Crippen molar-refractivity contribution >= 4 is 5.91 Å². The molecule has 1 aliphatic carbocycles. The molecule has 0 unspecified atom stereocenters. The van der Waals surface area contributed by atoms with E-state index in [1.54, 1.807) is 0 Å². The van der Waals surface area contributed by atoms with Crippen LogP contribution < -0.4 is 5.32 Å². The fourth-order valence-corrected chi connectivity index (χ4v) is 2.85. The van der Waals surface area contributed by atoms with E-state index in [2.05, 4.69) is 25.2 Å². The highest BCUT2D eigenvalue weighted by Gasteiger charge is 2.23. The molecule has 1 N–H and O–H groups in total. The number of hydrogen-bond donors (Lipinski definition) is 1. The van der Waals surface area contributed by atoms with Crippen LogP contribution in [-0.4, -0.2) is 11.9 Å². The molecule has 2 heteroatoms. The number of carbonyl (C=O) groups excluding carboxylic acids is 1. The van der Waals surface area contributed by atoms with Crippen LogP contribution >= 0.6 is 0 Å². The van der Waals surface area contributed by atoms with Crippen molar-refractivity contribution in [3.63, 3.8) is 0 Å². The Morgan fingerprint density at radius 3 is 2.61 bits per heavy atom. The zero-order chi connectivity index (χ0) is 13.1. The highest BCUT2D eigenvalue weighted by Crippen LogP contribution is 2.24. The smallest absolute Gasteiger partial charge is 0.251 e. The third kappa shape index (κ3) is 2.92. The average Bonchev–Trinajstić information content (AvgIpc) is 2.32. The summed E-state index contributed by atoms with van der Waals surface area (Å²) in [7, 11) is 0. The molecule has 1 fully saturated rings. The molecule has 1 aliphatic rings. The average molecular weight is 245 g/mol. The Kier molecular flexibility index (Phi) is 4.05. The molecule has 2 rings (SSSR count). The Labute approximate surface area is 110 Å². The van der Waals surface area contributed by atoms with Crippen LogP contribution in [0.2, 0.25) is 0 Å². The molecule has 98 valence electrons. The Morgan fingerprint density at radius 1 is 1.22 bits per heavy atom. The predicted octanol–water partition coefficient (Wildman–Crippen LogP) is 3.61. The topological polar surface area (TPSA) is 29.1 Å². The van der Waals surface area contributed by atoms with Gasteiger partial charge in [-0.2, -0.15) is 0 Å². The van der Waals surface area contributed by atoms with Crippen molar-refractivity contribution in [2.45, 2.75) is 52.5 Å². The number of hydrogen-bond acceptors (Lipinski definition) is 1.